The number of hydrogen-bond acceptors (Lipinski definition) is 6. The zero-order valence-corrected chi connectivity index (χ0v) is 18.4. The van der Waals surface area contributed by atoms with Crippen molar-refractivity contribution in [1.82, 2.24) is 5.32 Å². The van der Waals surface area contributed by atoms with Gasteiger partial charge in [0.2, 0.25) is 5.96 Å². The van der Waals surface area contributed by atoms with E-state index in [0.29, 0.717) is 11.5 Å². The van der Waals surface area contributed by atoms with Crippen molar-refractivity contribution in [2.75, 3.05) is 5.73 Å². The summed E-state index contributed by atoms with van der Waals surface area (Å²) in [6, 6.07) is 24.2. The monoisotopic (exact) mass is 449 g/mol. The molecule has 0 saturated heterocycles. The molecule has 34 heavy (non-hydrogen) atoms. The summed E-state index contributed by atoms with van der Waals surface area (Å²) in [5, 5.41) is 14.5. The van der Waals surface area contributed by atoms with Gasteiger partial charge in [-0.15, -0.1) is 0 Å². The Balaban J connectivity index is 1.50. The maximum atomic E-state index is 11.1. The molecular formula is C27H23N5O2. The first-order valence-electron chi connectivity index (χ1n) is 11.0. The van der Waals surface area contributed by atoms with Crippen molar-refractivity contribution in [3.63, 3.8) is 0 Å². The fourth-order valence-electron chi connectivity index (χ4n) is 4.27. The fraction of sp³-hybridized carbons (Fsp3) is 0.111. The van der Waals surface area contributed by atoms with Crippen LogP contribution in [0.4, 0.5) is 11.4 Å². The topological polar surface area (TPSA) is 106 Å². The Morgan fingerprint density at radius 1 is 1.00 bits per heavy atom. The molecule has 7 nitrogen and oxygen atoms in total. The summed E-state index contributed by atoms with van der Waals surface area (Å²) in [5.41, 5.74) is 12.9. The van der Waals surface area contributed by atoms with Crippen LogP contribution in [-0.4, -0.2) is 17.1 Å². The quantitative estimate of drug-likeness (QED) is 0.240. The van der Waals surface area contributed by atoms with Crippen LogP contribution < -0.4 is 11.1 Å². The first kappa shape index (κ1) is 21.3. The SMILES string of the molecule is Nc1ccc(C=C2CCC3=C2NC(N=Cc2cccc([N+](=O)[O-])c2)=NC3c2ccccc2)cc1. The second-order valence-electron chi connectivity index (χ2n) is 8.24. The molecule has 0 spiro atoms. The molecular weight excluding hydrogens is 426 g/mol. The maximum absolute atomic E-state index is 11.1. The van der Waals surface area contributed by atoms with Gasteiger partial charge in [0.15, 0.2) is 0 Å². The van der Waals surface area contributed by atoms with Gasteiger partial charge >= 0.3 is 0 Å². The van der Waals surface area contributed by atoms with E-state index >= 15 is 0 Å². The molecule has 168 valence electrons. The number of allylic oxidation sites excluding steroid dienone is 1. The Kier molecular flexibility index (Phi) is 5.74. The van der Waals surface area contributed by atoms with Crippen molar-refractivity contribution in [1.29, 1.82) is 0 Å². The molecule has 3 aromatic rings. The summed E-state index contributed by atoms with van der Waals surface area (Å²) in [4.78, 5) is 20.1. The van der Waals surface area contributed by atoms with Gasteiger partial charge in [-0.05, 0) is 58.9 Å². The number of benzene rings is 3. The van der Waals surface area contributed by atoms with Crippen molar-refractivity contribution in [2.45, 2.75) is 18.9 Å². The van der Waals surface area contributed by atoms with Crippen molar-refractivity contribution in [3.8, 4) is 0 Å². The molecule has 0 fully saturated rings. The van der Waals surface area contributed by atoms with Crippen LogP contribution in [0, 0.1) is 10.1 Å². The molecule has 0 amide bonds. The molecule has 3 aromatic carbocycles. The van der Waals surface area contributed by atoms with Gasteiger partial charge in [-0.3, -0.25) is 10.1 Å². The molecule has 3 N–H and O–H groups in total. The highest BCUT2D eigenvalue weighted by atomic mass is 16.6. The van der Waals surface area contributed by atoms with Crippen molar-refractivity contribution in [3.05, 3.63) is 123 Å². The third kappa shape index (κ3) is 4.49. The summed E-state index contributed by atoms with van der Waals surface area (Å²) in [6.07, 6.45) is 5.59. The number of rotatable bonds is 4. The average molecular weight is 450 g/mol. The van der Waals surface area contributed by atoms with Crippen LogP contribution >= 0.6 is 0 Å². The van der Waals surface area contributed by atoms with E-state index in [1.165, 1.54) is 23.3 Å². The highest BCUT2D eigenvalue weighted by Crippen LogP contribution is 2.42. The number of nitrogens with zero attached hydrogens (tertiary/aromatic N) is 3. The van der Waals surface area contributed by atoms with E-state index in [1.54, 1.807) is 18.3 Å². The molecule has 0 aromatic heterocycles. The number of non-ortho nitro benzene ring substituents is 1. The number of nitrogens with two attached hydrogens (primary N) is 1. The van der Waals surface area contributed by atoms with Crippen LogP contribution in [0.3, 0.4) is 0 Å². The smallest absolute Gasteiger partial charge is 0.270 e. The minimum atomic E-state index is -0.414. The molecule has 1 heterocycles. The minimum absolute atomic E-state index is 0.0270. The Bertz CT molecular complexity index is 1360. The largest absolute Gasteiger partial charge is 0.399 e. The molecule has 1 atom stereocenters. The molecule has 0 saturated carbocycles. The van der Waals surface area contributed by atoms with Gasteiger partial charge in [-0.2, -0.15) is 0 Å². The third-order valence-electron chi connectivity index (χ3n) is 5.93. The lowest BCUT2D eigenvalue weighted by molar-refractivity contribution is -0.384. The number of hydrogen-bond donors (Lipinski definition) is 2. The summed E-state index contributed by atoms with van der Waals surface area (Å²) in [5.74, 6) is 0.476. The zero-order chi connectivity index (χ0) is 23.5. The predicted octanol–water partition coefficient (Wildman–Crippen LogP) is 5.43. The predicted molar refractivity (Wildman–Crippen MR) is 136 cm³/mol. The highest BCUT2D eigenvalue weighted by molar-refractivity contribution is 5.96. The molecule has 5 rings (SSSR count). The molecule has 0 bridgehead atoms. The first-order valence-corrected chi connectivity index (χ1v) is 11.0. The summed E-state index contributed by atoms with van der Waals surface area (Å²) >= 11 is 0. The lowest BCUT2D eigenvalue weighted by Gasteiger charge is -2.23. The lowest BCUT2D eigenvalue weighted by Crippen LogP contribution is -2.28. The molecule has 2 aliphatic rings. The Morgan fingerprint density at radius 3 is 2.56 bits per heavy atom. The molecule has 1 unspecified atom stereocenters. The van der Waals surface area contributed by atoms with Crippen LogP contribution in [-0.2, 0) is 0 Å². The van der Waals surface area contributed by atoms with Crippen molar-refractivity contribution >= 4 is 29.6 Å². The van der Waals surface area contributed by atoms with Crippen molar-refractivity contribution in [2.24, 2.45) is 9.98 Å². The van der Waals surface area contributed by atoms with Gasteiger partial charge in [0.1, 0.15) is 6.04 Å². The number of nitrogens with one attached hydrogen (secondary N) is 1. The summed E-state index contributed by atoms with van der Waals surface area (Å²) in [7, 11) is 0. The van der Waals surface area contributed by atoms with Gasteiger partial charge in [0, 0.05) is 29.7 Å². The van der Waals surface area contributed by atoms with E-state index in [0.717, 1.165) is 35.4 Å². The number of nitro groups is 1. The van der Waals surface area contributed by atoms with Crippen LogP contribution in [0.5, 0.6) is 0 Å². The highest BCUT2D eigenvalue weighted by Gasteiger charge is 2.31. The Labute approximate surface area is 197 Å². The maximum Gasteiger partial charge on any atom is 0.270 e. The van der Waals surface area contributed by atoms with E-state index in [4.69, 9.17) is 10.7 Å². The van der Waals surface area contributed by atoms with Gasteiger partial charge in [-0.25, -0.2) is 9.98 Å². The summed E-state index contributed by atoms with van der Waals surface area (Å²) < 4.78 is 0. The van der Waals surface area contributed by atoms with Gasteiger partial charge in [0.25, 0.3) is 5.69 Å². The van der Waals surface area contributed by atoms with Gasteiger partial charge in [0.05, 0.1) is 4.92 Å². The van der Waals surface area contributed by atoms with E-state index in [9.17, 15) is 10.1 Å². The van der Waals surface area contributed by atoms with E-state index in [-0.39, 0.29) is 11.7 Å². The normalized spacial score (nSPS) is 18.6. The number of anilines is 1. The molecule has 1 aliphatic heterocycles. The number of guanidine groups is 1. The second kappa shape index (κ2) is 9.15. The number of nitro benzene ring substituents is 1. The van der Waals surface area contributed by atoms with E-state index in [1.807, 2.05) is 42.5 Å². The van der Waals surface area contributed by atoms with Crippen molar-refractivity contribution < 1.29 is 4.92 Å². The molecule has 0 radical (unpaired) electrons. The zero-order valence-electron chi connectivity index (χ0n) is 18.4. The Morgan fingerprint density at radius 2 is 1.79 bits per heavy atom. The number of nitrogen functional groups attached to an aromatic ring is 1. The van der Waals surface area contributed by atoms with Crippen LogP contribution in [0.15, 0.2) is 106 Å². The first-order chi connectivity index (χ1) is 16.6. The summed E-state index contributed by atoms with van der Waals surface area (Å²) in [6.45, 7) is 0. The van der Waals surface area contributed by atoms with Crippen LogP contribution in [0.2, 0.25) is 0 Å². The van der Waals surface area contributed by atoms with Gasteiger partial charge in [-0.1, -0.05) is 54.6 Å². The van der Waals surface area contributed by atoms with E-state index < -0.39 is 4.92 Å². The minimum Gasteiger partial charge on any atom is -0.399 e. The Hall–Kier alpha value is -4.52. The van der Waals surface area contributed by atoms with Gasteiger partial charge < -0.3 is 11.1 Å². The average Bonchev–Trinajstić information content (AvgIpc) is 3.27. The molecule has 7 heteroatoms. The third-order valence-corrected chi connectivity index (χ3v) is 5.93. The van der Waals surface area contributed by atoms with Crippen LogP contribution in [0.1, 0.15) is 35.6 Å². The fourth-order valence-corrected chi connectivity index (χ4v) is 4.27. The second-order valence-corrected chi connectivity index (χ2v) is 8.24. The van der Waals surface area contributed by atoms with Crippen LogP contribution in [0.25, 0.3) is 6.08 Å². The van der Waals surface area contributed by atoms with E-state index in [2.05, 4.69) is 28.5 Å². The standard InChI is InChI=1S/C27H23N5O2/c28-22-12-9-18(10-13-22)15-21-11-14-24-25(20-6-2-1-3-7-20)30-27(31-26(21)24)29-17-19-5-4-8-23(16-19)32(33)34/h1-10,12-13,15-17,25H,11,14,28H2,(H,30,31). The lowest BCUT2D eigenvalue weighted by atomic mass is 9.97. The number of aliphatic imine (C=N–C) groups is 2. The molecule has 1 aliphatic carbocycles.